The van der Waals surface area contributed by atoms with Crippen molar-refractivity contribution < 1.29 is 0 Å². The quantitative estimate of drug-likeness (QED) is 0.508. The standard InChI is InChI=1S/C12H14.Sn/c1-2-8-5-11-9-3-4-10(7-9)12(11)6-8;/h3-5,9-12H,2,7H2,1H3;/t9-,10+,11-,12+;/m0./s1. The Kier molecular flexibility index (Phi) is 1.83. The van der Waals surface area contributed by atoms with Crippen molar-refractivity contribution in [1.82, 2.24) is 0 Å². The van der Waals surface area contributed by atoms with Gasteiger partial charge in [0.1, 0.15) is 0 Å². The van der Waals surface area contributed by atoms with Gasteiger partial charge in [-0.2, -0.15) is 0 Å². The van der Waals surface area contributed by atoms with E-state index in [1.165, 1.54) is 12.8 Å². The second-order valence-electron chi connectivity index (χ2n) is 4.51. The molecule has 0 aromatic carbocycles. The molecule has 2 bridgehead atoms. The molecule has 0 unspecified atom stereocenters. The van der Waals surface area contributed by atoms with Crippen LogP contribution < -0.4 is 0 Å². The molecule has 4 atom stereocenters. The van der Waals surface area contributed by atoms with Crippen LogP contribution in [0.3, 0.4) is 0 Å². The summed E-state index contributed by atoms with van der Waals surface area (Å²) in [7, 11) is 0. The average molecular weight is 277 g/mol. The molecule has 3 rings (SSSR count). The Balaban J connectivity index is 2.00. The van der Waals surface area contributed by atoms with Gasteiger partial charge in [-0.1, -0.05) is 0 Å². The molecule has 0 spiro atoms. The molecule has 0 aromatic heterocycles. The van der Waals surface area contributed by atoms with Crippen molar-refractivity contribution in [2.75, 3.05) is 0 Å². The molecule has 2 radical (unpaired) electrons. The van der Waals surface area contributed by atoms with Crippen LogP contribution in [0.2, 0.25) is 0 Å². The van der Waals surface area contributed by atoms with Gasteiger partial charge in [0.05, 0.1) is 0 Å². The summed E-state index contributed by atoms with van der Waals surface area (Å²) in [6.07, 6.45) is 10.2. The summed E-state index contributed by atoms with van der Waals surface area (Å²) in [4.78, 5) is 0. The van der Waals surface area contributed by atoms with E-state index >= 15 is 0 Å². The zero-order valence-electron chi connectivity index (χ0n) is 7.96. The molecule has 0 aliphatic heterocycles. The number of allylic oxidation sites excluding steroid dienone is 4. The van der Waals surface area contributed by atoms with Crippen molar-refractivity contribution in [3.05, 3.63) is 23.8 Å². The van der Waals surface area contributed by atoms with Gasteiger partial charge in [0.15, 0.2) is 0 Å². The van der Waals surface area contributed by atoms with Gasteiger partial charge in [-0.15, -0.1) is 0 Å². The SMILES string of the molecule is CCC1=C[C@@H]2[C@H]([C]1=[Sn])[C@@H]1C=C[C@H]2C1. The number of fused-ring (bicyclic) bond motifs is 5. The number of hydrogen-bond acceptors (Lipinski definition) is 0. The molecular formula is C12H14Sn. The van der Waals surface area contributed by atoms with Gasteiger partial charge in [0.25, 0.3) is 0 Å². The van der Waals surface area contributed by atoms with Crippen LogP contribution in [0, 0.1) is 23.7 Å². The minimum atomic E-state index is 0.898. The molecule has 0 N–H and O–H groups in total. The van der Waals surface area contributed by atoms with Crippen LogP contribution in [0.4, 0.5) is 0 Å². The maximum atomic E-state index is 2.59. The third kappa shape index (κ3) is 1.01. The van der Waals surface area contributed by atoms with Crippen LogP contribution in [0.15, 0.2) is 23.8 Å². The Morgan fingerprint density at radius 1 is 1.38 bits per heavy atom. The molecule has 0 nitrogen and oxygen atoms in total. The minimum absolute atomic E-state index is 0.898. The van der Waals surface area contributed by atoms with Gasteiger partial charge in [0, 0.05) is 0 Å². The maximum absolute atomic E-state index is 2.59. The molecule has 1 heteroatoms. The first-order valence-electron chi connectivity index (χ1n) is 5.29. The van der Waals surface area contributed by atoms with Crippen molar-refractivity contribution in [1.29, 1.82) is 0 Å². The molecule has 1 saturated carbocycles. The van der Waals surface area contributed by atoms with E-state index in [4.69, 9.17) is 0 Å². The summed E-state index contributed by atoms with van der Waals surface area (Å²) in [5.41, 5.74) is 1.69. The van der Waals surface area contributed by atoms with Crippen molar-refractivity contribution in [3.63, 3.8) is 0 Å². The predicted molar refractivity (Wildman–Crippen MR) is 56.9 cm³/mol. The number of rotatable bonds is 1. The van der Waals surface area contributed by atoms with E-state index in [1.807, 2.05) is 0 Å². The van der Waals surface area contributed by atoms with Crippen LogP contribution in [0.1, 0.15) is 19.8 Å². The monoisotopic (exact) mass is 278 g/mol. The zero-order valence-corrected chi connectivity index (χ0v) is 10.8. The van der Waals surface area contributed by atoms with Crippen molar-refractivity contribution in [3.8, 4) is 0 Å². The fourth-order valence-electron chi connectivity index (χ4n) is 3.34. The first kappa shape index (κ1) is 8.46. The average Bonchev–Trinajstić information content (AvgIpc) is 2.76. The van der Waals surface area contributed by atoms with Gasteiger partial charge in [-0.3, -0.25) is 0 Å². The van der Waals surface area contributed by atoms with E-state index in [9.17, 15) is 0 Å². The fraction of sp³-hybridized carbons (Fsp3) is 0.583. The topological polar surface area (TPSA) is 0 Å². The van der Waals surface area contributed by atoms with Gasteiger partial charge in [-0.05, 0) is 0 Å². The van der Waals surface area contributed by atoms with E-state index in [2.05, 4.69) is 25.2 Å². The molecule has 0 heterocycles. The number of hydrogen-bond donors (Lipinski definition) is 0. The Labute approximate surface area is 92.7 Å². The van der Waals surface area contributed by atoms with Gasteiger partial charge in [0.2, 0.25) is 0 Å². The van der Waals surface area contributed by atoms with E-state index in [1.54, 1.807) is 31.1 Å². The van der Waals surface area contributed by atoms with Crippen LogP contribution in [-0.4, -0.2) is 25.6 Å². The summed E-state index contributed by atoms with van der Waals surface area (Å²) in [6.45, 7) is 2.30. The summed E-state index contributed by atoms with van der Waals surface area (Å²) >= 11 is 1.67. The van der Waals surface area contributed by atoms with Crippen molar-refractivity contribution in [2.24, 2.45) is 23.7 Å². The summed E-state index contributed by atoms with van der Waals surface area (Å²) < 4.78 is 1.79. The van der Waals surface area contributed by atoms with E-state index < -0.39 is 0 Å². The Morgan fingerprint density at radius 3 is 2.85 bits per heavy atom. The molecule has 0 aromatic rings. The van der Waals surface area contributed by atoms with Gasteiger partial charge < -0.3 is 0 Å². The summed E-state index contributed by atoms with van der Waals surface area (Å²) in [5, 5.41) is 0. The van der Waals surface area contributed by atoms with Crippen LogP contribution in [0.25, 0.3) is 0 Å². The van der Waals surface area contributed by atoms with Gasteiger partial charge in [-0.25, -0.2) is 0 Å². The predicted octanol–water partition coefficient (Wildman–Crippen LogP) is 2.12. The third-order valence-electron chi connectivity index (χ3n) is 3.97. The normalized spacial score (nSPS) is 45.6. The zero-order chi connectivity index (χ0) is 9.00. The molecule has 3 aliphatic rings. The summed E-state index contributed by atoms with van der Waals surface area (Å²) in [5.74, 6) is 3.64. The fourth-order valence-corrected chi connectivity index (χ4v) is 5.24. The molecule has 0 saturated heterocycles. The van der Waals surface area contributed by atoms with Crippen LogP contribution in [-0.2, 0) is 0 Å². The molecule has 66 valence electrons. The summed E-state index contributed by atoms with van der Waals surface area (Å²) in [6, 6.07) is 0. The van der Waals surface area contributed by atoms with E-state index in [0.29, 0.717) is 0 Å². The van der Waals surface area contributed by atoms with E-state index in [-0.39, 0.29) is 0 Å². The van der Waals surface area contributed by atoms with Gasteiger partial charge >= 0.3 is 92.8 Å². The second kappa shape index (κ2) is 2.82. The first-order valence-corrected chi connectivity index (χ1v) is 6.71. The Bertz CT molecular complexity index is 324. The molecule has 1 fully saturated rings. The van der Waals surface area contributed by atoms with Crippen molar-refractivity contribution >= 4 is 25.6 Å². The molecule has 0 amide bonds. The molecule has 3 aliphatic carbocycles. The third-order valence-corrected chi connectivity index (χ3v) is 5.84. The second-order valence-corrected chi connectivity index (χ2v) is 6.05. The van der Waals surface area contributed by atoms with E-state index in [0.717, 1.165) is 23.7 Å². The first-order chi connectivity index (χ1) is 6.31. The molecule has 13 heavy (non-hydrogen) atoms. The van der Waals surface area contributed by atoms with Crippen molar-refractivity contribution in [2.45, 2.75) is 19.8 Å². The van der Waals surface area contributed by atoms with Crippen LogP contribution >= 0.6 is 0 Å². The molecular weight excluding hydrogens is 263 g/mol. The van der Waals surface area contributed by atoms with Crippen LogP contribution in [0.5, 0.6) is 0 Å². The Morgan fingerprint density at radius 2 is 2.15 bits per heavy atom. The Hall–Kier alpha value is 0.149.